The van der Waals surface area contributed by atoms with Gasteiger partial charge >= 0.3 is 0 Å². The lowest BCUT2D eigenvalue weighted by molar-refractivity contribution is 0.551. The van der Waals surface area contributed by atoms with Gasteiger partial charge in [0.25, 0.3) is 0 Å². The van der Waals surface area contributed by atoms with E-state index in [4.69, 9.17) is 0 Å². The fourth-order valence-electron chi connectivity index (χ4n) is 1.24. The van der Waals surface area contributed by atoms with E-state index in [0.717, 1.165) is 14.5 Å². The van der Waals surface area contributed by atoms with E-state index in [1.807, 2.05) is 6.92 Å². The topological polar surface area (TPSA) is 58.9 Å². The third-order valence-electron chi connectivity index (χ3n) is 2.12. The molecular weight excluding hydrogens is 500 g/mol. The van der Waals surface area contributed by atoms with Crippen LogP contribution in [-0.4, -0.2) is 12.2 Å². The predicted molar refractivity (Wildman–Crippen MR) is 81.0 cm³/mol. The van der Waals surface area contributed by atoms with Gasteiger partial charge in [0.1, 0.15) is 0 Å². The smallest absolute Gasteiger partial charge is 0.211 e. The monoisotopic (exact) mass is 500 g/mol. The number of hydrogen-bond acceptors (Lipinski definition) is 4. The van der Waals surface area contributed by atoms with Crippen LogP contribution in [0, 0.1) is 6.92 Å². The molecule has 4 nitrogen and oxygen atoms in total. The second-order valence-electron chi connectivity index (χ2n) is 3.11. The van der Waals surface area contributed by atoms with Crippen molar-refractivity contribution in [1.82, 2.24) is 0 Å². The SMILES string of the molecule is Cc1c(Br)c(Br)c(C(N=C=O)N=C=O)c(Br)c1Br. The molecule has 1 rings (SSSR count). The maximum Gasteiger partial charge on any atom is 0.237 e. The molecule has 0 saturated carbocycles. The Morgan fingerprint density at radius 1 is 0.889 bits per heavy atom. The molecule has 0 aliphatic heterocycles. The average Bonchev–Trinajstić information content (AvgIpc) is 2.35. The molecule has 94 valence electrons. The Balaban J connectivity index is 3.67. The van der Waals surface area contributed by atoms with E-state index in [9.17, 15) is 9.59 Å². The largest absolute Gasteiger partial charge is 0.237 e. The highest BCUT2D eigenvalue weighted by molar-refractivity contribution is 9.14. The van der Waals surface area contributed by atoms with Gasteiger partial charge < -0.3 is 0 Å². The lowest BCUT2D eigenvalue weighted by Crippen LogP contribution is -1.99. The first-order valence-corrected chi connectivity index (χ1v) is 7.59. The zero-order valence-electron chi connectivity index (χ0n) is 8.80. The molecule has 0 radical (unpaired) electrons. The predicted octanol–water partition coefficient (Wildman–Crippen LogP) is 4.72. The second kappa shape index (κ2) is 6.89. The fraction of sp³-hybridized carbons (Fsp3) is 0.200. The zero-order valence-corrected chi connectivity index (χ0v) is 15.1. The third kappa shape index (κ3) is 3.07. The maximum atomic E-state index is 10.4. The lowest BCUT2D eigenvalue weighted by Gasteiger charge is -2.15. The van der Waals surface area contributed by atoms with E-state index < -0.39 is 6.17 Å². The van der Waals surface area contributed by atoms with E-state index in [0.29, 0.717) is 14.5 Å². The Labute approximate surface area is 136 Å². The molecule has 1 aromatic carbocycles. The van der Waals surface area contributed by atoms with Crippen LogP contribution in [0.4, 0.5) is 0 Å². The summed E-state index contributed by atoms with van der Waals surface area (Å²) in [6, 6.07) is 0. The van der Waals surface area contributed by atoms with E-state index >= 15 is 0 Å². The van der Waals surface area contributed by atoms with Crippen molar-refractivity contribution in [2.75, 3.05) is 0 Å². The molecule has 0 N–H and O–H groups in total. The summed E-state index contributed by atoms with van der Waals surface area (Å²) >= 11 is 13.6. The molecular formula is C10H4Br4N2O2. The number of benzene rings is 1. The van der Waals surface area contributed by atoms with Gasteiger partial charge in [0.2, 0.25) is 12.2 Å². The Morgan fingerprint density at radius 2 is 1.28 bits per heavy atom. The molecule has 18 heavy (non-hydrogen) atoms. The highest BCUT2D eigenvalue weighted by atomic mass is 79.9. The molecule has 1 aromatic rings. The van der Waals surface area contributed by atoms with Gasteiger partial charge in [-0.1, -0.05) is 0 Å². The molecule has 0 spiro atoms. The lowest BCUT2D eigenvalue weighted by atomic mass is 10.1. The highest BCUT2D eigenvalue weighted by Gasteiger charge is 2.23. The molecule has 0 heterocycles. The van der Waals surface area contributed by atoms with Crippen molar-refractivity contribution in [2.45, 2.75) is 13.1 Å². The Hall–Kier alpha value is -0.100. The quantitative estimate of drug-likeness (QED) is 0.341. The van der Waals surface area contributed by atoms with Crippen LogP contribution in [0.3, 0.4) is 0 Å². The Morgan fingerprint density at radius 3 is 1.61 bits per heavy atom. The van der Waals surface area contributed by atoms with Crippen LogP contribution in [0.15, 0.2) is 27.9 Å². The average molecular weight is 504 g/mol. The number of nitrogens with zero attached hydrogens (tertiary/aromatic N) is 2. The molecule has 0 unspecified atom stereocenters. The molecule has 8 heteroatoms. The first-order chi connectivity index (χ1) is 8.45. The van der Waals surface area contributed by atoms with Crippen LogP contribution >= 0.6 is 63.7 Å². The molecule has 0 atom stereocenters. The minimum absolute atomic E-state index is 0.533. The van der Waals surface area contributed by atoms with E-state index in [-0.39, 0.29) is 0 Å². The van der Waals surface area contributed by atoms with Gasteiger partial charge in [-0.05, 0) is 76.2 Å². The Kier molecular flexibility index (Phi) is 6.11. The highest BCUT2D eigenvalue weighted by Crippen LogP contribution is 2.44. The van der Waals surface area contributed by atoms with Crippen LogP contribution in [0.1, 0.15) is 17.3 Å². The normalized spacial score (nSPS) is 11.4. The van der Waals surface area contributed by atoms with Crippen molar-refractivity contribution in [3.63, 3.8) is 0 Å². The zero-order chi connectivity index (χ0) is 13.9. The van der Waals surface area contributed by atoms with Crippen LogP contribution in [0.25, 0.3) is 0 Å². The van der Waals surface area contributed by atoms with Crippen molar-refractivity contribution < 1.29 is 9.59 Å². The van der Waals surface area contributed by atoms with Crippen molar-refractivity contribution in [3.8, 4) is 0 Å². The minimum Gasteiger partial charge on any atom is -0.211 e. The van der Waals surface area contributed by atoms with Crippen LogP contribution in [0.2, 0.25) is 0 Å². The molecule has 0 bridgehead atoms. The van der Waals surface area contributed by atoms with E-state index in [1.54, 1.807) is 0 Å². The number of hydrogen-bond donors (Lipinski definition) is 0. The van der Waals surface area contributed by atoms with Gasteiger partial charge in [-0.25, -0.2) is 9.59 Å². The second-order valence-corrected chi connectivity index (χ2v) is 6.28. The summed E-state index contributed by atoms with van der Waals surface area (Å²) < 4.78 is 2.86. The van der Waals surface area contributed by atoms with Crippen molar-refractivity contribution in [1.29, 1.82) is 0 Å². The minimum atomic E-state index is -0.989. The van der Waals surface area contributed by atoms with Crippen molar-refractivity contribution in [3.05, 3.63) is 29.0 Å². The third-order valence-corrected chi connectivity index (χ3v) is 6.82. The van der Waals surface area contributed by atoms with Gasteiger partial charge in [-0.15, -0.1) is 0 Å². The number of aliphatic imine (C=N–C) groups is 2. The molecule has 0 fully saturated rings. The summed E-state index contributed by atoms with van der Waals surface area (Å²) in [5, 5.41) is 0. The first-order valence-electron chi connectivity index (χ1n) is 4.42. The summed E-state index contributed by atoms with van der Waals surface area (Å²) in [5.41, 5.74) is 1.48. The summed E-state index contributed by atoms with van der Waals surface area (Å²) in [6.45, 7) is 1.90. The van der Waals surface area contributed by atoms with Crippen molar-refractivity contribution >= 4 is 75.9 Å². The molecule has 0 aliphatic carbocycles. The maximum absolute atomic E-state index is 10.4. The standard InChI is InChI=1S/C10H4Br4N2O2/c1-4-6(11)8(13)5(9(14)7(4)12)10(15-2-17)16-3-18/h10H,1H3. The van der Waals surface area contributed by atoms with Crippen LogP contribution in [0.5, 0.6) is 0 Å². The first kappa shape index (κ1) is 16.0. The molecule has 0 amide bonds. The fourth-order valence-corrected chi connectivity index (χ4v) is 4.00. The van der Waals surface area contributed by atoms with Gasteiger partial charge in [-0.2, -0.15) is 9.98 Å². The van der Waals surface area contributed by atoms with E-state index in [2.05, 4.69) is 73.7 Å². The summed E-state index contributed by atoms with van der Waals surface area (Å²) in [7, 11) is 0. The Bertz CT molecular complexity index is 543. The summed E-state index contributed by atoms with van der Waals surface area (Å²) in [4.78, 5) is 27.7. The molecule has 0 aliphatic rings. The summed E-state index contributed by atoms with van der Waals surface area (Å²) in [6.07, 6.45) is 1.79. The molecule has 0 saturated heterocycles. The number of isocyanates is 2. The van der Waals surface area contributed by atoms with E-state index in [1.165, 1.54) is 12.2 Å². The molecule has 0 aromatic heterocycles. The van der Waals surface area contributed by atoms with Crippen molar-refractivity contribution in [2.24, 2.45) is 9.98 Å². The number of halogens is 4. The van der Waals surface area contributed by atoms with Gasteiger partial charge in [0, 0.05) is 23.5 Å². The van der Waals surface area contributed by atoms with Gasteiger partial charge in [-0.3, -0.25) is 0 Å². The van der Waals surface area contributed by atoms with Gasteiger partial charge in [0.15, 0.2) is 6.17 Å². The summed E-state index contributed by atoms with van der Waals surface area (Å²) in [5.74, 6) is 0. The van der Waals surface area contributed by atoms with Crippen LogP contribution < -0.4 is 0 Å². The van der Waals surface area contributed by atoms with Gasteiger partial charge in [0.05, 0.1) is 0 Å². The number of carbonyl (C=O) groups excluding carboxylic acids is 2. The van der Waals surface area contributed by atoms with Crippen LogP contribution in [-0.2, 0) is 9.59 Å². The number of rotatable bonds is 3.